The predicted molar refractivity (Wildman–Crippen MR) is 87.5 cm³/mol. The van der Waals surface area contributed by atoms with Gasteiger partial charge in [-0.15, -0.1) is 11.3 Å². The van der Waals surface area contributed by atoms with Crippen molar-refractivity contribution in [1.82, 2.24) is 15.2 Å². The summed E-state index contributed by atoms with van der Waals surface area (Å²) in [6.07, 6.45) is 1.61. The van der Waals surface area contributed by atoms with E-state index in [9.17, 15) is 9.59 Å². The van der Waals surface area contributed by atoms with Gasteiger partial charge in [0.1, 0.15) is 11.4 Å². The molecule has 1 saturated heterocycles. The first-order valence-electron chi connectivity index (χ1n) is 7.54. The Morgan fingerprint density at radius 2 is 2.17 bits per heavy atom. The molecule has 118 valence electrons. The molecule has 23 heavy (non-hydrogen) atoms. The van der Waals surface area contributed by atoms with Crippen LogP contribution in [0.3, 0.4) is 0 Å². The van der Waals surface area contributed by atoms with Crippen LogP contribution >= 0.6 is 11.3 Å². The number of hydrogen-bond donors (Lipinski definition) is 2. The number of likely N-dealkylation sites (tertiary alicyclic amines) is 1. The molecule has 2 N–H and O–H groups in total. The lowest BCUT2D eigenvalue weighted by Crippen LogP contribution is -2.66. The first-order chi connectivity index (χ1) is 11.2. The highest BCUT2D eigenvalue weighted by atomic mass is 32.1. The Morgan fingerprint density at radius 3 is 3.00 bits per heavy atom. The van der Waals surface area contributed by atoms with E-state index in [-0.39, 0.29) is 11.8 Å². The van der Waals surface area contributed by atoms with Gasteiger partial charge in [-0.1, -0.05) is 12.1 Å². The second-order valence-electron chi connectivity index (χ2n) is 5.91. The first-order valence-corrected chi connectivity index (χ1v) is 8.48. The molecule has 0 radical (unpaired) electrons. The number of hydrogen-bond acceptors (Lipinski definition) is 5. The molecule has 2 aliphatic heterocycles. The molecule has 2 aliphatic rings. The number of piperidine rings is 1. The molecule has 7 heteroatoms. The minimum atomic E-state index is -0.602. The van der Waals surface area contributed by atoms with Gasteiger partial charge in [0.05, 0.1) is 17.6 Å². The molecule has 0 bridgehead atoms. The van der Waals surface area contributed by atoms with E-state index in [1.165, 1.54) is 11.3 Å². The average Bonchev–Trinajstić information content (AvgIpc) is 3.08. The van der Waals surface area contributed by atoms with Gasteiger partial charge >= 0.3 is 0 Å². The third-order valence-electron chi connectivity index (χ3n) is 4.33. The Bertz CT molecular complexity index is 761. The van der Waals surface area contributed by atoms with Crippen molar-refractivity contribution in [3.05, 3.63) is 46.4 Å². The summed E-state index contributed by atoms with van der Waals surface area (Å²) in [7, 11) is 0. The Kier molecular flexibility index (Phi) is 3.30. The summed E-state index contributed by atoms with van der Waals surface area (Å²) in [6, 6.07) is 7.44. The lowest BCUT2D eigenvalue weighted by atomic mass is 9.93. The Labute approximate surface area is 137 Å². The van der Waals surface area contributed by atoms with E-state index >= 15 is 0 Å². The number of benzene rings is 1. The molecule has 2 amide bonds. The Morgan fingerprint density at radius 1 is 1.30 bits per heavy atom. The molecule has 1 aromatic carbocycles. The average molecular weight is 328 g/mol. The SMILES string of the molecule is O=C1N[C@]2(CCCN(C(=O)c3cscn3)C2)Nc2ccccc21. The maximum Gasteiger partial charge on any atom is 0.273 e. The second kappa shape index (κ2) is 5.34. The van der Waals surface area contributed by atoms with Gasteiger partial charge in [-0.2, -0.15) is 0 Å². The molecule has 3 heterocycles. The van der Waals surface area contributed by atoms with Gasteiger partial charge in [-0.3, -0.25) is 9.59 Å². The monoisotopic (exact) mass is 328 g/mol. The van der Waals surface area contributed by atoms with E-state index < -0.39 is 5.66 Å². The van der Waals surface area contributed by atoms with Crippen molar-refractivity contribution >= 4 is 28.8 Å². The maximum atomic E-state index is 12.5. The fourth-order valence-corrected chi connectivity index (χ4v) is 3.80. The summed E-state index contributed by atoms with van der Waals surface area (Å²) in [6.45, 7) is 1.11. The van der Waals surface area contributed by atoms with Gasteiger partial charge < -0.3 is 15.5 Å². The Balaban J connectivity index is 1.60. The highest BCUT2D eigenvalue weighted by molar-refractivity contribution is 7.07. The van der Waals surface area contributed by atoms with Crippen LogP contribution in [0.15, 0.2) is 35.2 Å². The molecule has 1 aromatic heterocycles. The highest BCUT2D eigenvalue weighted by Gasteiger charge is 2.42. The lowest BCUT2D eigenvalue weighted by molar-refractivity contribution is 0.0588. The standard InChI is InChI=1S/C16H16N4O2S/c21-14-11-4-1-2-5-12(11)18-16(19-14)6-3-7-20(9-16)15(22)13-8-23-10-17-13/h1-2,4-5,8,10,18H,3,6-7,9H2,(H,19,21)/t16-/m0/s1. The number of rotatable bonds is 1. The third-order valence-corrected chi connectivity index (χ3v) is 4.92. The van der Waals surface area contributed by atoms with Crippen LogP contribution in [0.4, 0.5) is 5.69 Å². The number of anilines is 1. The molecular weight excluding hydrogens is 312 g/mol. The lowest BCUT2D eigenvalue weighted by Gasteiger charge is -2.46. The van der Waals surface area contributed by atoms with Gasteiger partial charge in [0.15, 0.2) is 0 Å². The first kappa shape index (κ1) is 14.2. The topological polar surface area (TPSA) is 74.3 Å². The van der Waals surface area contributed by atoms with Crippen molar-refractivity contribution in [3.63, 3.8) is 0 Å². The molecular formula is C16H16N4O2S. The number of carbonyl (C=O) groups is 2. The minimum absolute atomic E-state index is 0.0831. The number of amides is 2. The smallest absolute Gasteiger partial charge is 0.273 e. The zero-order valence-electron chi connectivity index (χ0n) is 12.4. The predicted octanol–water partition coefficient (Wildman–Crippen LogP) is 1.93. The van der Waals surface area contributed by atoms with Gasteiger partial charge in [-0.05, 0) is 25.0 Å². The fraction of sp³-hybridized carbons (Fsp3) is 0.312. The molecule has 0 unspecified atom stereocenters. The zero-order valence-corrected chi connectivity index (χ0v) is 13.2. The van der Waals surface area contributed by atoms with Crippen LogP contribution in [0.2, 0.25) is 0 Å². The summed E-state index contributed by atoms with van der Waals surface area (Å²) in [5.74, 6) is -0.178. The molecule has 0 saturated carbocycles. The minimum Gasteiger partial charge on any atom is -0.361 e. The number of para-hydroxylation sites is 1. The number of aromatic nitrogens is 1. The van der Waals surface area contributed by atoms with Crippen LogP contribution < -0.4 is 10.6 Å². The summed E-state index contributed by atoms with van der Waals surface area (Å²) in [4.78, 5) is 30.8. The number of fused-ring (bicyclic) bond motifs is 1. The van der Waals surface area contributed by atoms with Crippen molar-refractivity contribution in [3.8, 4) is 0 Å². The summed E-state index contributed by atoms with van der Waals surface area (Å²) in [5.41, 5.74) is 2.98. The van der Waals surface area contributed by atoms with E-state index in [0.717, 1.165) is 18.5 Å². The molecule has 0 aliphatic carbocycles. The third kappa shape index (κ3) is 2.46. The van der Waals surface area contributed by atoms with Gasteiger partial charge in [-0.25, -0.2) is 4.98 Å². The molecule has 1 fully saturated rings. The fourth-order valence-electron chi connectivity index (χ4n) is 3.28. The van der Waals surface area contributed by atoms with Gasteiger partial charge in [0.25, 0.3) is 11.8 Å². The van der Waals surface area contributed by atoms with Crippen molar-refractivity contribution in [1.29, 1.82) is 0 Å². The van der Waals surface area contributed by atoms with Gasteiger partial charge in [0, 0.05) is 17.6 Å². The van der Waals surface area contributed by atoms with Gasteiger partial charge in [0.2, 0.25) is 0 Å². The van der Waals surface area contributed by atoms with E-state index in [0.29, 0.717) is 24.3 Å². The molecule has 4 rings (SSSR count). The molecule has 1 atom stereocenters. The Hall–Kier alpha value is -2.41. The number of nitrogens with zero attached hydrogens (tertiary/aromatic N) is 2. The maximum absolute atomic E-state index is 12.5. The summed E-state index contributed by atoms with van der Waals surface area (Å²) >= 11 is 1.41. The van der Waals surface area contributed by atoms with Crippen molar-refractivity contribution in [2.24, 2.45) is 0 Å². The van der Waals surface area contributed by atoms with Crippen molar-refractivity contribution in [2.75, 3.05) is 18.4 Å². The highest BCUT2D eigenvalue weighted by Crippen LogP contribution is 2.30. The zero-order chi connectivity index (χ0) is 15.9. The van der Waals surface area contributed by atoms with Crippen LogP contribution in [0.25, 0.3) is 0 Å². The van der Waals surface area contributed by atoms with E-state index in [1.807, 2.05) is 18.2 Å². The molecule has 2 aromatic rings. The van der Waals surface area contributed by atoms with Crippen LogP contribution in [0, 0.1) is 0 Å². The van der Waals surface area contributed by atoms with E-state index in [4.69, 9.17) is 0 Å². The molecule has 6 nitrogen and oxygen atoms in total. The summed E-state index contributed by atoms with van der Waals surface area (Å²) < 4.78 is 0. The van der Waals surface area contributed by atoms with Crippen LogP contribution in [0.5, 0.6) is 0 Å². The number of thiazole rings is 1. The molecule has 1 spiro atoms. The number of nitrogens with one attached hydrogen (secondary N) is 2. The van der Waals surface area contributed by atoms with Crippen LogP contribution in [-0.2, 0) is 0 Å². The van der Waals surface area contributed by atoms with Crippen LogP contribution in [-0.4, -0.2) is 40.5 Å². The largest absolute Gasteiger partial charge is 0.361 e. The normalized spacial score (nSPS) is 23.1. The second-order valence-corrected chi connectivity index (χ2v) is 6.63. The van der Waals surface area contributed by atoms with E-state index in [2.05, 4.69) is 15.6 Å². The summed E-state index contributed by atoms with van der Waals surface area (Å²) in [5, 5.41) is 8.24. The van der Waals surface area contributed by atoms with Crippen molar-refractivity contribution in [2.45, 2.75) is 18.5 Å². The van der Waals surface area contributed by atoms with E-state index in [1.54, 1.807) is 21.9 Å². The quantitative estimate of drug-likeness (QED) is 0.839. The number of carbonyl (C=O) groups excluding carboxylic acids is 2. The van der Waals surface area contributed by atoms with Crippen LogP contribution in [0.1, 0.15) is 33.7 Å². The van der Waals surface area contributed by atoms with Crippen molar-refractivity contribution < 1.29 is 9.59 Å².